The van der Waals surface area contributed by atoms with Gasteiger partial charge in [-0.1, -0.05) is 25.0 Å². The average Bonchev–Trinajstić information content (AvgIpc) is 3.52. The van der Waals surface area contributed by atoms with Crippen LogP contribution in [-0.4, -0.2) is 46.6 Å². The molecule has 5 atom stereocenters. The predicted molar refractivity (Wildman–Crippen MR) is 123 cm³/mol. The average molecular weight is 464 g/mol. The molecule has 1 aromatic carbocycles. The number of oxazole rings is 1. The first-order valence-corrected chi connectivity index (χ1v) is 11.9. The van der Waals surface area contributed by atoms with Crippen LogP contribution in [0, 0.1) is 23.2 Å². The van der Waals surface area contributed by atoms with Crippen LogP contribution in [0.25, 0.3) is 0 Å². The number of rotatable bonds is 6. The number of carbonyl (C=O) groups is 2. The Kier molecular flexibility index (Phi) is 6.47. The largest absolute Gasteiger partial charge is 0.438 e. The van der Waals surface area contributed by atoms with Gasteiger partial charge in [0.2, 0.25) is 11.7 Å². The van der Waals surface area contributed by atoms with Gasteiger partial charge in [0.1, 0.15) is 6.17 Å². The second kappa shape index (κ2) is 9.83. The Morgan fingerprint density at radius 2 is 2.15 bits per heavy atom. The molecule has 3 heterocycles. The number of amides is 2. The van der Waals surface area contributed by atoms with Crippen LogP contribution in [0.4, 0.5) is 5.69 Å². The molecule has 0 spiro atoms. The van der Waals surface area contributed by atoms with Gasteiger partial charge in [-0.15, -0.1) is 0 Å². The highest BCUT2D eigenvalue weighted by Gasteiger charge is 2.51. The van der Waals surface area contributed by atoms with E-state index in [1.807, 2.05) is 24.3 Å². The van der Waals surface area contributed by atoms with E-state index >= 15 is 0 Å². The molecule has 3 fully saturated rings. The monoisotopic (exact) mass is 463 g/mol. The molecule has 1 aromatic heterocycles. The summed E-state index contributed by atoms with van der Waals surface area (Å²) in [5, 5.41) is 21.2. The summed E-state index contributed by atoms with van der Waals surface area (Å²) in [6.45, 7) is 0.979. The molecular weight excluding hydrogens is 434 g/mol. The molecule has 1 saturated carbocycles. The van der Waals surface area contributed by atoms with E-state index in [0.29, 0.717) is 13.1 Å². The normalized spacial score (nSPS) is 29.0. The summed E-state index contributed by atoms with van der Waals surface area (Å²) in [4.78, 5) is 28.8. The third-order valence-electron chi connectivity index (χ3n) is 7.07. The Hall–Kier alpha value is -3.42. The van der Waals surface area contributed by atoms with Crippen LogP contribution in [0.2, 0.25) is 0 Å². The maximum absolute atomic E-state index is 12.9. The van der Waals surface area contributed by atoms with Gasteiger partial charge in [0.15, 0.2) is 6.39 Å². The molecule has 3 unspecified atom stereocenters. The first-order valence-electron chi connectivity index (χ1n) is 11.9. The lowest BCUT2D eigenvalue weighted by molar-refractivity contribution is -0.128. The fraction of sp³-hybridized carbons (Fsp3) is 0.500. The van der Waals surface area contributed by atoms with Gasteiger partial charge in [-0.05, 0) is 37.0 Å². The first kappa shape index (κ1) is 22.4. The number of fused-ring (bicyclic) bond motifs is 1. The molecule has 5 rings (SSSR count). The van der Waals surface area contributed by atoms with Crippen LogP contribution in [-0.2, 0) is 11.3 Å². The van der Waals surface area contributed by atoms with Crippen molar-refractivity contribution in [1.29, 1.82) is 5.26 Å². The first-order chi connectivity index (χ1) is 16.6. The minimum Gasteiger partial charge on any atom is -0.438 e. The van der Waals surface area contributed by atoms with Gasteiger partial charge in [0.25, 0.3) is 5.91 Å². The van der Waals surface area contributed by atoms with Gasteiger partial charge in [-0.25, -0.2) is 15.4 Å². The zero-order chi connectivity index (χ0) is 23.5. The van der Waals surface area contributed by atoms with Crippen LogP contribution in [0.3, 0.4) is 0 Å². The number of benzene rings is 1. The van der Waals surface area contributed by atoms with E-state index in [-0.39, 0.29) is 47.7 Å². The zero-order valence-electron chi connectivity index (χ0n) is 18.9. The molecular formula is C24H29N7O3. The molecule has 2 aromatic rings. The number of nitrogens with zero attached hydrogens (tertiary/aromatic N) is 3. The number of aromatic nitrogens is 1. The Morgan fingerprint density at radius 1 is 1.26 bits per heavy atom. The van der Waals surface area contributed by atoms with Gasteiger partial charge in [-0.2, -0.15) is 5.26 Å². The second-order valence-corrected chi connectivity index (χ2v) is 9.17. The minimum absolute atomic E-state index is 0.0260. The zero-order valence-corrected chi connectivity index (χ0v) is 18.9. The fourth-order valence-corrected chi connectivity index (χ4v) is 5.44. The van der Waals surface area contributed by atoms with Crippen molar-refractivity contribution >= 4 is 17.5 Å². The van der Waals surface area contributed by atoms with E-state index in [9.17, 15) is 14.9 Å². The molecule has 4 N–H and O–H groups in total. The third kappa shape index (κ3) is 4.49. The summed E-state index contributed by atoms with van der Waals surface area (Å²) in [7, 11) is 0. The fourth-order valence-electron chi connectivity index (χ4n) is 5.44. The molecule has 10 heteroatoms. The van der Waals surface area contributed by atoms with Gasteiger partial charge in [0.05, 0.1) is 24.1 Å². The molecule has 2 amide bonds. The lowest BCUT2D eigenvalue weighted by Gasteiger charge is -2.39. The summed E-state index contributed by atoms with van der Waals surface area (Å²) in [5.41, 5.74) is 5.32. The highest BCUT2D eigenvalue weighted by Crippen LogP contribution is 2.36. The van der Waals surface area contributed by atoms with Crippen LogP contribution in [0.15, 0.2) is 41.3 Å². The van der Waals surface area contributed by atoms with E-state index in [0.717, 1.165) is 43.4 Å². The Bertz CT molecular complexity index is 1070. The third-order valence-corrected chi connectivity index (χ3v) is 7.07. The smallest absolute Gasteiger partial charge is 0.288 e. The van der Waals surface area contributed by atoms with E-state index in [1.165, 1.54) is 12.6 Å². The van der Waals surface area contributed by atoms with Crippen molar-refractivity contribution < 1.29 is 14.0 Å². The summed E-state index contributed by atoms with van der Waals surface area (Å²) in [6, 6.07) is 10.4. The number of nitrogens with one attached hydrogen (secondary N) is 4. The van der Waals surface area contributed by atoms with E-state index < -0.39 is 0 Å². The quantitative estimate of drug-likeness (QED) is 0.509. The van der Waals surface area contributed by atoms with Crippen LogP contribution in [0.5, 0.6) is 0 Å². The summed E-state index contributed by atoms with van der Waals surface area (Å²) in [6.07, 6.45) is 7.21. The summed E-state index contributed by atoms with van der Waals surface area (Å²) in [5.74, 6) is -0.419. The summed E-state index contributed by atoms with van der Waals surface area (Å²) < 4.78 is 5.03. The predicted octanol–water partition coefficient (Wildman–Crippen LogP) is 1.75. The molecule has 0 bridgehead atoms. The van der Waals surface area contributed by atoms with Crippen molar-refractivity contribution in [2.75, 3.05) is 11.9 Å². The molecule has 1 aliphatic carbocycles. The lowest BCUT2D eigenvalue weighted by atomic mass is 9.83. The van der Waals surface area contributed by atoms with Gasteiger partial charge in [0, 0.05) is 30.9 Å². The second-order valence-electron chi connectivity index (χ2n) is 9.17. The summed E-state index contributed by atoms with van der Waals surface area (Å²) >= 11 is 0. The molecule has 34 heavy (non-hydrogen) atoms. The van der Waals surface area contributed by atoms with Crippen LogP contribution >= 0.6 is 0 Å². The van der Waals surface area contributed by atoms with Crippen molar-refractivity contribution in [3.63, 3.8) is 0 Å². The maximum atomic E-state index is 12.9. The Balaban J connectivity index is 1.29. The number of hydrogen-bond acceptors (Lipinski definition) is 8. The topological polar surface area (TPSA) is 135 Å². The number of carbonyl (C=O) groups excluding carboxylic acids is 2. The highest BCUT2D eigenvalue weighted by atomic mass is 16.3. The number of hydrazine groups is 1. The standard InChI is InChI=1S/C24H29N7O3/c25-11-16-5-1-2-7-18(16)31-19-8-9-27-24(33)21(19)22(30-31)29-17-6-3-4-15(10-17)12-28-23(32)20-13-26-14-34-20/h3-4,6,10,13-14,16,18-19,21-22,29-30H,1-2,5,7-9,12H2,(H,27,33)(H,28,32)/t16-,18+,19?,21?,22?/m0/s1. The Morgan fingerprint density at radius 3 is 2.97 bits per heavy atom. The molecule has 0 radical (unpaired) electrons. The van der Waals surface area contributed by atoms with Crippen LogP contribution in [0.1, 0.15) is 48.2 Å². The number of hydrogen-bond donors (Lipinski definition) is 4. The molecule has 2 saturated heterocycles. The lowest BCUT2D eigenvalue weighted by Crippen LogP contribution is -2.54. The van der Waals surface area contributed by atoms with Gasteiger partial charge in [-0.3, -0.25) is 9.59 Å². The SMILES string of the molecule is N#C[C@@H]1CCCC[C@H]1N1NC(Nc2cccc(CNC(=O)c3cnco3)c2)C2C(=O)NCCC21. The minimum atomic E-state index is -0.329. The van der Waals surface area contributed by atoms with E-state index in [2.05, 4.69) is 37.4 Å². The Labute approximate surface area is 198 Å². The van der Waals surface area contributed by atoms with Crippen molar-refractivity contribution in [3.8, 4) is 6.07 Å². The van der Waals surface area contributed by atoms with Crippen LogP contribution < -0.4 is 21.4 Å². The van der Waals surface area contributed by atoms with Crippen molar-refractivity contribution in [2.45, 2.75) is 56.9 Å². The van der Waals surface area contributed by atoms with E-state index in [4.69, 9.17) is 4.42 Å². The highest BCUT2D eigenvalue weighted by molar-refractivity contribution is 5.90. The van der Waals surface area contributed by atoms with Gasteiger partial charge >= 0.3 is 0 Å². The number of nitriles is 1. The van der Waals surface area contributed by atoms with Crippen molar-refractivity contribution in [2.24, 2.45) is 11.8 Å². The number of piperidine rings is 1. The van der Waals surface area contributed by atoms with Gasteiger partial charge < -0.3 is 20.4 Å². The molecule has 10 nitrogen and oxygen atoms in total. The van der Waals surface area contributed by atoms with Crippen molar-refractivity contribution in [1.82, 2.24) is 26.1 Å². The number of anilines is 1. The van der Waals surface area contributed by atoms with Crippen molar-refractivity contribution in [3.05, 3.63) is 48.2 Å². The molecule has 3 aliphatic rings. The maximum Gasteiger partial charge on any atom is 0.288 e. The van der Waals surface area contributed by atoms with E-state index in [1.54, 1.807) is 0 Å². The molecule has 178 valence electrons. The molecule has 2 aliphatic heterocycles.